The fourth-order valence-corrected chi connectivity index (χ4v) is 5.26. The fraction of sp³-hybridized carbons (Fsp3) is 0. The standard InChI is InChI=1S/C18H11BrS3/c19-14-8-4-3-7-12(14)15-9-13-17(21)16(20)10-5-1-2-6-11(10)18(13)22-15/h1-9,20-21H. The molecule has 1 aromatic heterocycles. The SMILES string of the molecule is Sc1c(S)c2cc(-c3ccccc3Br)sc2c2ccccc12. The first-order valence-electron chi connectivity index (χ1n) is 6.78. The molecule has 3 aromatic carbocycles. The highest BCUT2D eigenvalue weighted by Gasteiger charge is 2.14. The molecule has 0 unspecified atom stereocenters. The highest BCUT2D eigenvalue weighted by atomic mass is 79.9. The zero-order valence-electron chi connectivity index (χ0n) is 11.4. The summed E-state index contributed by atoms with van der Waals surface area (Å²) in [6.07, 6.45) is 0. The number of fused-ring (bicyclic) bond motifs is 3. The van der Waals surface area contributed by atoms with Crippen LogP contribution >= 0.6 is 52.5 Å². The molecule has 0 bridgehead atoms. The summed E-state index contributed by atoms with van der Waals surface area (Å²) in [7, 11) is 0. The van der Waals surface area contributed by atoms with Gasteiger partial charge in [0.1, 0.15) is 0 Å². The summed E-state index contributed by atoms with van der Waals surface area (Å²) < 4.78 is 2.38. The van der Waals surface area contributed by atoms with Crippen LogP contribution in [0.3, 0.4) is 0 Å². The first kappa shape index (κ1) is 14.6. The van der Waals surface area contributed by atoms with Crippen molar-refractivity contribution in [1.82, 2.24) is 0 Å². The molecule has 22 heavy (non-hydrogen) atoms. The summed E-state index contributed by atoms with van der Waals surface area (Å²) in [5.74, 6) is 0. The van der Waals surface area contributed by atoms with Crippen LogP contribution in [0, 0.1) is 0 Å². The van der Waals surface area contributed by atoms with Gasteiger partial charge >= 0.3 is 0 Å². The summed E-state index contributed by atoms with van der Waals surface area (Å²) in [4.78, 5) is 3.14. The van der Waals surface area contributed by atoms with E-state index in [0.29, 0.717) is 0 Å². The van der Waals surface area contributed by atoms with Gasteiger partial charge in [0, 0.05) is 40.2 Å². The van der Waals surface area contributed by atoms with Gasteiger partial charge in [0.15, 0.2) is 0 Å². The number of hydrogen-bond donors (Lipinski definition) is 2. The second kappa shape index (κ2) is 5.60. The van der Waals surface area contributed by atoms with E-state index < -0.39 is 0 Å². The minimum absolute atomic E-state index is 0.947. The fourth-order valence-electron chi connectivity index (χ4n) is 2.70. The molecule has 1 heterocycles. The molecule has 4 rings (SSSR count). The van der Waals surface area contributed by atoms with E-state index in [0.717, 1.165) is 19.6 Å². The minimum atomic E-state index is 0.947. The lowest BCUT2D eigenvalue weighted by Gasteiger charge is -2.06. The summed E-state index contributed by atoms with van der Waals surface area (Å²) in [6, 6.07) is 18.9. The molecule has 4 heteroatoms. The molecule has 0 N–H and O–H groups in total. The van der Waals surface area contributed by atoms with Gasteiger partial charge in [-0.3, -0.25) is 0 Å². The van der Waals surface area contributed by atoms with Crippen LogP contribution in [-0.2, 0) is 0 Å². The molecule has 0 aliphatic carbocycles. The van der Waals surface area contributed by atoms with Crippen LogP contribution in [0.1, 0.15) is 0 Å². The number of rotatable bonds is 1. The van der Waals surface area contributed by atoms with Crippen molar-refractivity contribution in [2.75, 3.05) is 0 Å². The van der Waals surface area contributed by atoms with Crippen molar-refractivity contribution in [3.63, 3.8) is 0 Å². The van der Waals surface area contributed by atoms with Gasteiger partial charge < -0.3 is 0 Å². The molecule has 0 saturated carbocycles. The second-order valence-electron chi connectivity index (χ2n) is 5.08. The Bertz CT molecular complexity index is 1020. The molecule has 0 amide bonds. The van der Waals surface area contributed by atoms with Crippen molar-refractivity contribution in [1.29, 1.82) is 0 Å². The van der Waals surface area contributed by atoms with Gasteiger partial charge in [0.2, 0.25) is 0 Å². The van der Waals surface area contributed by atoms with Crippen molar-refractivity contribution in [2.45, 2.75) is 9.79 Å². The van der Waals surface area contributed by atoms with Crippen LogP contribution < -0.4 is 0 Å². The Morgan fingerprint density at radius 3 is 2.18 bits per heavy atom. The number of benzene rings is 3. The predicted octanol–water partition coefficient (Wildman–Crippen LogP) is 7.06. The van der Waals surface area contributed by atoms with E-state index in [1.54, 1.807) is 11.3 Å². The van der Waals surface area contributed by atoms with Crippen LogP contribution in [0.2, 0.25) is 0 Å². The first-order chi connectivity index (χ1) is 10.7. The lowest BCUT2D eigenvalue weighted by Crippen LogP contribution is -1.79. The topological polar surface area (TPSA) is 0 Å². The largest absolute Gasteiger partial charge is 0.142 e. The Kier molecular flexibility index (Phi) is 3.73. The maximum Gasteiger partial charge on any atom is 0.0439 e. The average molecular weight is 403 g/mol. The number of hydrogen-bond acceptors (Lipinski definition) is 3. The highest BCUT2D eigenvalue weighted by molar-refractivity contribution is 9.10. The Labute approximate surface area is 152 Å². The van der Waals surface area contributed by atoms with E-state index in [9.17, 15) is 0 Å². The Morgan fingerprint density at radius 1 is 0.773 bits per heavy atom. The summed E-state index contributed by atoms with van der Waals surface area (Å²) in [5, 5.41) is 3.57. The second-order valence-corrected chi connectivity index (χ2v) is 7.88. The monoisotopic (exact) mass is 402 g/mol. The van der Waals surface area contributed by atoms with E-state index in [-0.39, 0.29) is 0 Å². The summed E-state index contributed by atoms with van der Waals surface area (Å²) in [6.45, 7) is 0. The third-order valence-electron chi connectivity index (χ3n) is 3.78. The molecule has 0 atom stereocenters. The Balaban J connectivity index is 2.12. The van der Waals surface area contributed by atoms with Gasteiger partial charge in [-0.15, -0.1) is 36.6 Å². The molecule has 0 spiro atoms. The zero-order valence-corrected chi connectivity index (χ0v) is 15.6. The van der Waals surface area contributed by atoms with Gasteiger partial charge in [-0.1, -0.05) is 58.4 Å². The van der Waals surface area contributed by atoms with Crippen molar-refractivity contribution < 1.29 is 0 Å². The van der Waals surface area contributed by atoms with Crippen molar-refractivity contribution >= 4 is 73.4 Å². The van der Waals surface area contributed by atoms with Gasteiger partial charge in [0.05, 0.1) is 0 Å². The smallest absolute Gasteiger partial charge is 0.0439 e. The minimum Gasteiger partial charge on any atom is -0.142 e. The van der Waals surface area contributed by atoms with Crippen LogP contribution in [0.4, 0.5) is 0 Å². The predicted molar refractivity (Wildman–Crippen MR) is 107 cm³/mol. The zero-order chi connectivity index (χ0) is 15.3. The van der Waals surface area contributed by atoms with Crippen molar-refractivity contribution in [3.8, 4) is 10.4 Å². The van der Waals surface area contributed by atoms with E-state index in [1.165, 1.54) is 25.9 Å². The van der Waals surface area contributed by atoms with Crippen molar-refractivity contribution in [3.05, 3.63) is 59.1 Å². The molecule has 0 aliphatic heterocycles. The van der Waals surface area contributed by atoms with Crippen LogP contribution in [0.15, 0.2) is 68.9 Å². The molecular formula is C18H11BrS3. The van der Waals surface area contributed by atoms with Crippen LogP contribution in [-0.4, -0.2) is 0 Å². The molecule has 0 saturated heterocycles. The molecule has 0 radical (unpaired) electrons. The van der Waals surface area contributed by atoms with E-state index in [1.807, 2.05) is 12.1 Å². The normalized spacial score (nSPS) is 11.4. The molecule has 0 nitrogen and oxygen atoms in total. The summed E-state index contributed by atoms with van der Waals surface area (Å²) >= 11 is 14.8. The third kappa shape index (κ3) is 2.21. The lowest BCUT2D eigenvalue weighted by molar-refractivity contribution is 1.39. The van der Waals surface area contributed by atoms with Crippen LogP contribution in [0.25, 0.3) is 31.3 Å². The van der Waals surface area contributed by atoms with Gasteiger partial charge in [-0.05, 0) is 17.5 Å². The summed E-state index contributed by atoms with van der Waals surface area (Å²) in [5.41, 5.74) is 1.21. The first-order valence-corrected chi connectivity index (χ1v) is 9.28. The van der Waals surface area contributed by atoms with E-state index in [4.69, 9.17) is 12.6 Å². The van der Waals surface area contributed by atoms with Crippen molar-refractivity contribution in [2.24, 2.45) is 0 Å². The maximum atomic E-state index is 4.71. The van der Waals surface area contributed by atoms with Gasteiger partial charge in [-0.2, -0.15) is 0 Å². The van der Waals surface area contributed by atoms with E-state index in [2.05, 4.69) is 71.0 Å². The van der Waals surface area contributed by atoms with Crippen LogP contribution in [0.5, 0.6) is 0 Å². The van der Waals surface area contributed by atoms with Gasteiger partial charge in [-0.25, -0.2) is 0 Å². The highest BCUT2D eigenvalue weighted by Crippen LogP contribution is 2.45. The number of halogens is 1. The van der Waals surface area contributed by atoms with E-state index >= 15 is 0 Å². The lowest BCUT2D eigenvalue weighted by atomic mass is 10.1. The number of thiophene rings is 1. The molecular weight excluding hydrogens is 392 g/mol. The third-order valence-corrected chi connectivity index (χ3v) is 6.78. The Morgan fingerprint density at radius 2 is 1.41 bits per heavy atom. The maximum absolute atomic E-state index is 4.71. The quantitative estimate of drug-likeness (QED) is 0.312. The number of thiol groups is 2. The molecule has 0 aliphatic rings. The molecule has 108 valence electrons. The molecule has 4 aromatic rings. The van der Waals surface area contributed by atoms with Gasteiger partial charge in [0.25, 0.3) is 0 Å². The molecule has 0 fully saturated rings. The Hall–Kier alpha value is -0.940. The average Bonchev–Trinajstić information content (AvgIpc) is 2.98.